The number of para-hydroxylation sites is 1. The molecule has 1 aromatic carbocycles. The van der Waals surface area contributed by atoms with Crippen LogP contribution >= 0.6 is 0 Å². The van der Waals surface area contributed by atoms with Crippen LogP contribution < -0.4 is 11.1 Å². The Kier molecular flexibility index (Phi) is 3.74. The zero-order chi connectivity index (χ0) is 13.9. The number of nitrogens with one attached hydrogen (secondary N) is 1. The van der Waals surface area contributed by atoms with E-state index in [1.807, 2.05) is 0 Å². The molecule has 2 rings (SSSR count). The molecule has 19 heavy (non-hydrogen) atoms. The molecule has 1 aromatic rings. The Morgan fingerprint density at radius 1 is 1.16 bits per heavy atom. The highest BCUT2D eigenvalue weighted by atomic mass is 16.4. The first-order valence-electron chi connectivity index (χ1n) is 6.45. The van der Waals surface area contributed by atoms with E-state index in [2.05, 4.69) is 5.32 Å². The largest absolute Gasteiger partial charge is 0.481 e. The normalized spacial score (nSPS) is 17.7. The quantitative estimate of drug-likeness (QED) is 0.781. The fraction of sp³-hybridized carbons (Fsp3) is 0.429. The molecule has 1 aliphatic rings. The number of hydrogen-bond donors (Lipinski definition) is 3. The second kappa shape index (κ2) is 5.30. The number of carbonyl (C=O) groups excluding carboxylic acids is 1. The molecule has 0 radical (unpaired) electrons. The van der Waals surface area contributed by atoms with Gasteiger partial charge in [-0.25, -0.2) is 4.79 Å². The summed E-state index contributed by atoms with van der Waals surface area (Å²) in [6.07, 6.45) is 4.02. The van der Waals surface area contributed by atoms with E-state index < -0.39 is 17.4 Å². The predicted molar refractivity (Wildman–Crippen MR) is 72.0 cm³/mol. The molecule has 5 heteroatoms. The Hall–Kier alpha value is -2.04. The number of carbonyl (C=O) groups is 2. The van der Waals surface area contributed by atoms with Gasteiger partial charge in [-0.2, -0.15) is 0 Å². The minimum atomic E-state index is -0.905. The van der Waals surface area contributed by atoms with Crippen LogP contribution in [0.4, 0.5) is 10.5 Å². The molecule has 4 N–H and O–H groups in total. The molecule has 0 bridgehead atoms. The number of nitrogens with two attached hydrogens (primary N) is 1. The molecule has 1 aliphatic carbocycles. The molecule has 102 valence electrons. The van der Waals surface area contributed by atoms with Gasteiger partial charge in [-0.05, 0) is 24.5 Å². The molecule has 5 nitrogen and oxygen atoms in total. The van der Waals surface area contributed by atoms with E-state index in [9.17, 15) is 14.7 Å². The molecule has 1 saturated carbocycles. The van der Waals surface area contributed by atoms with Gasteiger partial charge in [0.1, 0.15) is 0 Å². The molecule has 0 unspecified atom stereocenters. The zero-order valence-corrected chi connectivity index (χ0v) is 10.7. The summed E-state index contributed by atoms with van der Waals surface area (Å²) in [6, 6.07) is 6.33. The molecule has 0 atom stereocenters. The topological polar surface area (TPSA) is 92.4 Å². The second-order valence-corrected chi connectivity index (χ2v) is 4.98. The fourth-order valence-corrected chi connectivity index (χ4v) is 2.90. The Balaban J connectivity index is 2.47. The molecule has 1 fully saturated rings. The maximum atomic E-state index is 11.8. The molecule has 0 aromatic heterocycles. The highest BCUT2D eigenvalue weighted by Crippen LogP contribution is 2.42. The van der Waals surface area contributed by atoms with E-state index >= 15 is 0 Å². The summed E-state index contributed by atoms with van der Waals surface area (Å²) in [6.45, 7) is 0. The summed E-state index contributed by atoms with van der Waals surface area (Å²) in [7, 11) is 0. The number of hydrogen-bond acceptors (Lipinski definition) is 2. The lowest BCUT2D eigenvalue weighted by Crippen LogP contribution is -2.39. The summed E-state index contributed by atoms with van der Waals surface area (Å²) >= 11 is 0. The molecular formula is C14H18N2O3. The van der Waals surface area contributed by atoms with E-state index in [0.29, 0.717) is 24.1 Å². The summed E-state index contributed by atoms with van der Waals surface area (Å²) in [5.41, 5.74) is 5.39. The van der Waals surface area contributed by atoms with Crippen LogP contribution in [0, 0.1) is 0 Å². The minimum absolute atomic E-state index is 0.499. The van der Waals surface area contributed by atoms with Crippen molar-refractivity contribution in [1.82, 2.24) is 0 Å². The van der Waals surface area contributed by atoms with Crippen LogP contribution in [-0.2, 0) is 10.2 Å². The maximum absolute atomic E-state index is 11.8. The number of urea groups is 1. The third kappa shape index (κ3) is 2.54. The van der Waals surface area contributed by atoms with Crippen LogP contribution in [0.5, 0.6) is 0 Å². The molecule has 0 spiro atoms. The lowest BCUT2D eigenvalue weighted by molar-refractivity contribution is -0.145. The number of benzene rings is 1. The van der Waals surface area contributed by atoms with Gasteiger partial charge < -0.3 is 16.2 Å². The average molecular weight is 262 g/mol. The van der Waals surface area contributed by atoms with Gasteiger partial charge in [-0.3, -0.25) is 4.79 Å². The number of carboxylic acids is 1. The predicted octanol–water partition coefficient (Wildman–Crippen LogP) is 2.46. The SMILES string of the molecule is NC(=O)Nc1ccccc1C1(C(=O)O)CCCCC1. The highest BCUT2D eigenvalue weighted by Gasteiger charge is 2.42. The minimum Gasteiger partial charge on any atom is -0.481 e. The third-order valence-corrected chi connectivity index (χ3v) is 3.82. The maximum Gasteiger partial charge on any atom is 0.316 e. The number of aliphatic carboxylic acids is 1. The van der Waals surface area contributed by atoms with Crippen molar-refractivity contribution in [3.05, 3.63) is 29.8 Å². The van der Waals surface area contributed by atoms with E-state index in [1.165, 1.54) is 0 Å². The van der Waals surface area contributed by atoms with Gasteiger partial charge >= 0.3 is 12.0 Å². The van der Waals surface area contributed by atoms with Crippen molar-refractivity contribution in [2.24, 2.45) is 5.73 Å². The van der Waals surface area contributed by atoms with Crippen LogP contribution in [-0.4, -0.2) is 17.1 Å². The molecular weight excluding hydrogens is 244 g/mol. The van der Waals surface area contributed by atoms with Gasteiger partial charge in [0.05, 0.1) is 5.41 Å². The van der Waals surface area contributed by atoms with E-state index in [-0.39, 0.29) is 0 Å². The van der Waals surface area contributed by atoms with Crippen molar-refractivity contribution in [2.45, 2.75) is 37.5 Å². The van der Waals surface area contributed by atoms with Gasteiger partial charge in [-0.15, -0.1) is 0 Å². The van der Waals surface area contributed by atoms with Gasteiger partial charge in [0.25, 0.3) is 0 Å². The average Bonchev–Trinajstić information content (AvgIpc) is 2.39. The van der Waals surface area contributed by atoms with Gasteiger partial charge in [-0.1, -0.05) is 37.5 Å². The standard InChI is InChI=1S/C14H18N2O3/c15-13(19)16-11-7-3-2-6-10(11)14(12(17)18)8-4-1-5-9-14/h2-3,6-7H,1,4-5,8-9H2,(H,17,18)(H3,15,16,19). The van der Waals surface area contributed by atoms with E-state index in [4.69, 9.17) is 5.73 Å². The molecule has 2 amide bonds. The van der Waals surface area contributed by atoms with Crippen LogP contribution in [0.25, 0.3) is 0 Å². The lowest BCUT2D eigenvalue weighted by Gasteiger charge is -2.34. The summed E-state index contributed by atoms with van der Waals surface area (Å²) in [5.74, 6) is -0.828. The summed E-state index contributed by atoms with van der Waals surface area (Å²) in [4.78, 5) is 22.8. The number of amides is 2. The van der Waals surface area contributed by atoms with Crippen molar-refractivity contribution in [1.29, 1.82) is 0 Å². The van der Waals surface area contributed by atoms with Crippen molar-refractivity contribution in [3.63, 3.8) is 0 Å². The zero-order valence-electron chi connectivity index (χ0n) is 10.7. The van der Waals surface area contributed by atoms with Crippen LogP contribution in [0.1, 0.15) is 37.7 Å². The Bertz CT molecular complexity index is 493. The van der Waals surface area contributed by atoms with Crippen LogP contribution in [0.2, 0.25) is 0 Å². The van der Waals surface area contributed by atoms with Crippen molar-refractivity contribution in [2.75, 3.05) is 5.32 Å². The van der Waals surface area contributed by atoms with Gasteiger partial charge in [0.2, 0.25) is 0 Å². The number of rotatable bonds is 3. The number of anilines is 1. The monoisotopic (exact) mass is 262 g/mol. The number of primary amides is 1. The third-order valence-electron chi connectivity index (χ3n) is 3.82. The van der Waals surface area contributed by atoms with Crippen LogP contribution in [0.15, 0.2) is 24.3 Å². The van der Waals surface area contributed by atoms with Crippen LogP contribution in [0.3, 0.4) is 0 Å². The van der Waals surface area contributed by atoms with Crippen molar-refractivity contribution >= 4 is 17.7 Å². The first-order valence-corrected chi connectivity index (χ1v) is 6.45. The summed E-state index contributed by atoms with van der Waals surface area (Å²) in [5, 5.41) is 12.2. The van der Waals surface area contributed by atoms with E-state index in [1.54, 1.807) is 24.3 Å². The van der Waals surface area contributed by atoms with E-state index in [0.717, 1.165) is 19.3 Å². The second-order valence-electron chi connectivity index (χ2n) is 4.98. The fourth-order valence-electron chi connectivity index (χ4n) is 2.90. The Morgan fingerprint density at radius 3 is 2.37 bits per heavy atom. The van der Waals surface area contributed by atoms with Crippen molar-refractivity contribution in [3.8, 4) is 0 Å². The number of carboxylic acid groups (broad SMARTS) is 1. The smallest absolute Gasteiger partial charge is 0.316 e. The molecule has 0 heterocycles. The molecule has 0 saturated heterocycles. The van der Waals surface area contributed by atoms with Gasteiger partial charge in [0.15, 0.2) is 0 Å². The van der Waals surface area contributed by atoms with Gasteiger partial charge in [0, 0.05) is 5.69 Å². The first kappa shape index (κ1) is 13.4. The summed E-state index contributed by atoms with van der Waals surface area (Å²) < 4.78 is 0. The Labute approximate surface area is 111 Å². The van der Waals surface area contributed by atoms with Crippen molar-refractivity contribution < 1.29 is 14.7 Å². The lowest BCUT2D eigenvalue weighted by atomic mass is 9.69. The first-order chi connectivity index (χ1) is 9.06. The Morgan fingerprint density at radius 2 is 1.79 bits per heavy atom. The highest BCUT2D eigenvalue weighted by molar-refractivity contribution is 5.92. The molecule has 0 aliphatic heterocycles.